The lowest BCUT2D eigenvalue weighted by atomic mass is 10.3. The molecule has 0 aromatic carbocycles. The van der Waals surface area contributed by atoms with Crippen LogP contribution in [0.25, 0.3) is 0 Å². The van der Waals surface area contributed by atoms with E-state index in [4.69, 9.17) is 0 Å². The number of aromatic nitrogens is 2. The van der Waals surface area contributed by atoms with Crippen molar-refractivity contribution in [1.82, 2.24) is 14.5 Å². The van der Waals surface area contributed by atoms with E-state index in [2.05, 4.69) is 14.3 Å². The topological polar surface area (TPSA) is 72.4 Å². The van der Waals surface area contributed by atoms with Crippen LogP contribution in [-0.2, 0) is 9.53 Å². The third kappa shape index (κ3) is 3.28. The molecule has 0 atom stereocenters. The molecule has 0 unspecified atom stereocenters. The number of methoxy groups -OCH3 is 1. The van der Waals surface area contributed by atoms with E-state index in [1.54, 1.807) is 7.05 Å². The SMILES string of the molecule is COC(=O)CCN(C)C(=O)c1cnns1. The summed E-state index contributed by atoms with van der Waals surface area (Å²) in [7, 11) is 2.93. The highest BCUT2D eigenvalue weighted by molar-refractivity contribution is 7.07. The van der Waals surface area contributed by atoms with Gasteiger partial charge >= 0.3 is 5.97 Å². The lowest BCUT2D eigenvalue weighted by Gasteiger charge is -2.14. The molecule has 1 aromatic heterocycles. The van der Waals surface area contributed by atoms with Crippen molar-refractivity contribution < 1.29 is 14.3 Å². The van der Waals surface area contributed by atoms with Crippen molar-refractivity contribution in [1.29, 1.82) is 0 Å². The van der Waals surface area contributed by atoms with Crippen molar-refractivity contribution in [2.45, 2.75) is 6.42 Å². The second-order valence-electron chi connectivity index (χ2n) is 2.83. The van der Waals surface area contributed by atoms with E-state index in [1.165, 1.54) is 18.2 Å². The quantitative estimate of drug-likeness (QED) is 0.688. The predicted molar refractivity (Wildman–Crippen MR) is 53.5 cm³/mol. The fourth-order valence-corrected chi connectivity index (χ4v) is 1.42. The Labute approximate surface area is 91.0 Å². The summed E-state index contributed by atoms with van der Waals surface area (Å²) in [5.41, 5.74) is 0. The summed E-state index contributed by atoms with van der Waals surface area (Å²) >= 11 is 1.03. The van der Waals surface area contributed by atoms with Crippen molar-refractivity contribution in [3.05, 3.63) is 11.1 Å². The fourth-order valence-electron chi connectivity index (χ4n) is 0.912. The predicted octanol–water partition coefficient (Wildman–Crippen LogP) is 0.173. The van der Waals surface area contributed by atoms with Crippen LogP contribution in [0.4, 0.5) is 0 Å². The Hall–Kier alpha value is -1.50. The van der Waals surface area contributed by atoms with Crippen LogP contribution in [-0.4, -0.2) is 47.1 Å². The first-order valence-electron chi connectivity index (χ1n) is 4.24. The second kappa shape index (κ2) is 5.40. The minimum absolute atomic E-state index is 0.185. The Morgan fingerprint density at radius 2 is 2.33 bits per heavy atom. The van der Waals surface area contributed by atoms with Gasteiger partial charge in [0.25, 0.3) is 5.91 Å². The Morgan fingerprint density at radius 1 is 1.60 bits per heavy atom. The molecule has 1 aromatic rings. The van der Waals surface area contributed by atoms with Crippen LogP contribution < -0.4 is 0 Å². The summed E-state index contributed by atoms with van der Waals surface area (Å²) in [6.45, 7) is 0.323. The number of rotatable bonds is 4. The van der Waals surface area contributed by atoms with E-state index < -0.39 is 0 Å². The zero-order valence-electron chi connectivity index (χ0n) is 8.47. The standard InChI is InChI=1S/C8H11N3O3S/c1-11(4-3-7(12)14-2)8(13)6-5-9-10-15-6/h5H,3-4H2,1-2H3. The molecule has 15 heavy (non-hydrogen) atoms. The van der Waals surface area contributed by atoms with Gasteiger partial charge in [-0.3, -0.25) is 9.59 Å². The molecule has 82 valence electrons. The minimum atomic E-state index is -0.336. The first-order valence-corrected chi connectivity index (χ1v) is 5.02. The van der Waals surface area contributed by atoms with Crippen molar-refractivity contribution in [3.8, 4) is 0 Å². The summed E-state index contributed by atoms with van der Waals surface area (Å²) in [6.07, 6.45) is 1.59. The Kier molecular flexibility index (Phi) is 4.17. The highest BCUT2D eigenvalue weighted by Gasteiger charge is 2.14. The summed E-state index contributed by atoms with van der Waals surface area (Å²) in [6, 6.07) is 0. The van der Waals surface area contributed by atoms with Crippen LogP contribution in [0.3, 0.4) is 0 Å². The largest absolute Gasteiger partial charge is 0.469 e. The molecule has 0 saturated heterocycles. The van der Waals surface area contributed by atoms with Gasteiger partial charge in [0.1, 0.15) is 4.88 Å². The van der Waals surface area contributed by atoms with Crippen LogP contribution in [0, 0.1) is 0 Å². The maximum atomic E-state index is 11.6. The maximum Gasteiger partial charge on any atom is 0.307 e. The Bertz CT molecular complexity index is 339. The van der Waals surface area contributed by atoms with Gasteiger partial charge in [-0.2, -0.15) is 0 Å². The van der Waals surface area contributed by atoms with Gasteiger partial charge in [-0.05, 0) is 11.5 Å². The van der Waals surface area contributed by atoms with Crippen LogP contribution in [0.1, 0.15) is 16.1 Å². The molecule has 6 nitrogen and oxygen atoms in total. The van der Waals surface area contributed by atoms with Crippen LogP contribution >= 0.6 is 11.5 Å². The first-order chi connectivity index (χ1) is 7.15. The normalized spacial score (nSPS) is 9.73. The zero-order chi connectivity index (χ0) is 11.3. The lowest BCUT2D eigenvalue weighted by Crippen LogP contribution is -2.28. The molecule has 0 bridgehead atoms. The van der Waals surface area contributed by atoms with E-state index >= 15 is 0 Å². The van der Waals surface area contributed by atoms with Crippen molar-refractivity contribution in [3.63, 3.8) is 0 Å². The van der Waals surface area contributed by atoms with Gasteiger partial charge in [-0.15, -0.1) is 5.10 Å². The number of hydrogen-bond acceptors (Lipinski definition) is 6. The molecule has 7 heteroatoms. The van der Waals surface area contributed by atoms with E-state index in [0.29, 0.717) is 11.4 Å². The number of carbonyl (C=O) groups is 2. The van der Waals surface area contributed by atoms with Crippen LogP contribution in [0.2, 0.25) is 0 Å². The molecule has 0 fully saturated rings. The third-order valence-corrected chi connectivity index (χ3v) is 2.45. The summed E-state index contributed by atoms with van der Waals surface area (Å²) in [5, 5.41) is 3.57. The molecule has 0 radical (unpaired) electrons. The molecule has 1 heterocycles. The van der Waals surface area contributed by atoms with E-state index in [0.717, 1.165) is 11.5 Å². The number of nitrogens with zero attached hydrogens (tertiary/aromatic N) is 3. The summed E-state index contributed by atoms with van der Waals surface area (Å²) < 4.78 is 8.06. The van der Waals surface area contributed by atoms with Crippen molar-refractivity contribution >= 4 is 23.4 Å². The van der Waals surface area contributed by atoms with E-state index in [-0.39, 0.29) is 18.3 Å². The highest BCUT2D eigenvalue weighted by Crippen LogP contribution is 2.06. The van der Waals surface area contributed by atoms with E-state index in [9.17, 15) is 9.59 Å². The average molecular weight is 229 g/mol. The molecule has 0 aliphatic heterocycles. The Balaban J connectivity index is 2.44. The van der Waals surface area contributed by atoms with Gasteiger partial charge in [0.15, 0.2) is 0 Å². The number of hydrogen-bond donors (Lipinski definition) is 0. The highest BCUT2D eigenvalue weighted by atomic mass is 32.1. The van der Waals surface area contributed by atoms with Gasteiger partial charge in [0.2, 0.25) is 0 Å². The third-order valence-electron chi connectivity index (χ3n) is 1.80. The number of ether oxygens (including phenoxy) is 1. The van der Waals surface area contributed by atoms with Gasteiger partial charge in [-0.25, -0.2) is 0 Å². The molecular weight excluding hydrogens is 218 g/mol. The van der Waals surface area contributed by atoms with Crippen molar-refractivity contribution in [2.75, 3.05) is 20.7 Å². The zero-order valence-corrected chi connectivity index (χ0v) is 9.28. The average Bonchev–Trinajstić information content (AvgIpc) is 2.77. The molecular formula is C8H11N3O3S. The number of esters is 1. The molecule has 1 rings (SSSR count). The fraction of sp³-hybridized carbons (Fsp3) is 0.500. The van der Waals surface area contributed by atoms with Crippen LogP contribution in [0.15, 0.2) is 6.20 Å². The number of carbonyl (C=O) groups excluding carboxylic acids is 2. The monoisotopic (exact) mass is 229 g/mol. The second-order valence-corrected chi connectivity index (χ2v) is 3.62. The first kappa shape index (κ1) is 11.6. The summed E-state index contributed by atoms with van der Waals surface area (Å²) in [4.78, 5) is 24.4. The molecule has 0 aliphatic carbocycles. The molecule has 0 aliphatic rings. The molecule has 0 spiro atoms. The van der Waals surface area contributed by atoms with E-state index in [1.807, 2.05) is 0 Å². The maximum absolute atomic E-state index is 11.6. The smallest absolute Gasteiger partial charge is 0.307 e. The minimum Gasteiger partial charge on any atom is -0.469 e. The molecule has 1 amide bonds. The van der Waals surface area contributed by atoms with Gasteiger partial charge in [0.05, 0.1) is 19.7 Å². The van der Waals surface area contributed by atoms with Gasteiger partial charge in [0, 0.05) is 13.6 Å². The lowest BCUT2D eigenvalue weighted by molar-refractivity contribution is -0.140. The van der Waals surface area contributed by atoms with Gasteiger partial charge in [-0.1, -0.05) is 4.49 Å². The summed E-state index contributed by atoms with van der Waals surface area (Å²) in [5.74, 6) is -0.522. The van der Waals surface area contributed by atoms with Gasteiger partial charge < -0.3 is 9.64 Å². The van der Waals surface area contributed by atoms with Crippen LogP contribution in [0.5, 0.6) is 0 Å². The molecule has 0 saturated carbocycles. The molecule has 0 N–H and O–H groups in total. The Morgan fingerprint density at radius 3 is 2.87 bits per heavy atom. The number of amides is 1. The van der Waals surface area contributed by atoms with Crippen molar-refractivity contribution in [2.24, 2.45) is 0 Å².